The molecule has 0 radical (unpaired) electrons. The van der Waals surface area contributed by atoms with E-state index in [-0.39, 0.29) is 35.7 Å². The molecule has 11 nitrogen and oxygen atoms in total. The van der Waals surface area contributed by atoms with Crippen LogP contribution in [0.4, 0.5) is 5.82 Å². The number of hydrogen-bond donors (Lipinski definition) is 1. The first-order valence-electron chi connectivity index (χ1n) is 10.5. The summed E-state index contributed by atoms with van der Waals surface area (Å²) in [5, 5.41) is 9.51. The molecular weight excluding hydrogens is 464 g/mol. The molecule has 1 saturated heterocycles. The van der Waals surface area contributed by atoms with E-state index in [0.717, 1.165) is 0 Å². The van der Waals surface area contributed by atoms with Gasteiger partial charge in [-0.15, -0.1) is 0 Å². The van der Waals surface area contributed by atoms with Gasteiger partial charge in [-0.1, -0.05) is 0 Å². The number of esters is 1. The van der Waals surface area contributed by atoms with Gasteiger partial charge in [0, 0.05) is 19.2 Å². The van der Waals surface area contributed by atoms with Gasteiger partial charge in [0.15, 0.2) is 11.5 Å². The molecule has 0 saturated carbocycles. The molecule has 0 atom stereocenters. The molecular formula is C22H22N4O7S. The Hall–Kier alpha value is -3.85. The molecule has 0 unspecified atom stereocenters. The lowest BCUT2D eigenvalue weighted by molar-refractivity contribution is -0.123. The summed E-state index contributed by atoms with van der Waals surface area (Å²) in [5.74, 6) is -0.785. The van der Waals surface area contributed by atoms with Crippen LogP contribution in [0.15, 0.2) is 29.2 Å². The lowest BCUT2D eigenvalue weighted by Crippen LogP contribution is -2.55. The number of fused-ring (bicyclic) bond motifs is 1. The van der Waals surface area contributed by atoms with Crippen LogP contribution in [0.25, 0.3) is 0 Å². The van der Waals surface area contributed by atoms with Crippen LogP contribution in [0.1, 0.15) is 28.5 Å². The predicted octanol–water partition coefficient (Wildman–Crippen LogP) is 1.15. The molecule has 2 aliphatic heterocycles. The molecule has 2 aliphatic rings. The van der Waals surface area contributed by atoms with E-state index in [1.165, 1.54) is 24.3 Å². The predicted molar refractivity (Wildman–Crippen MR) is 118 cm³/mol. The number of amides is 1. The number of nitriles is 1. The van der Waals surface area contributed by atoms with Crippen molar-refractivity contribution in [2.75, 3.05) is 37.8 Å². The summed E-state index contributed by atoms with van der Waals surface area (Å²) < 4.78 is 43.2. The van der Waals surface area contributed by atoms with Crippen molar-refractivity contribution in [2.45, 2.75) is 18.7 Å². The Morgan fingerprint density at radius 1 is 1.24 bits per heavy atom. The molecule has 4 rings (SSSR count). The van der Waals surface area contributed by atoms with Crippen LogP contribution in [0, 0.1) is 24.2 Å². The van der Waals surface area contributed by atoms with Crippen molar-refractivity contribution < 1.29 is 32.2 Å². The van der Waals surface area contributed by atoms with Crippen LogP contribution in [0.2, 0.25) is 0 Å². The van der Waals surface area contributed by atoms with Gasteiger partial charge in [0.1, 0.15) is 25.1 Å². The number of carbonyl (C=O) groups is 2. The average molecular weight is 487 g/mol. The van der Waals surface area contributed by atoms with E-state index in [1.54, 1.807) is 18.7 Å². The molecule has 0 bridgehead atoms. The maximum atomic E-state index is 12.7. The third-order valence-electron chi connectivity index (χ3n) is 5.42. The normalized spacial score (nSPS) is 15.1. The third-order valence-corrected chi connectivity index (χ3v) is 6.76. The molecule has 0 spiro atoms. The number of ether oxygens (including phenoxy) is 3. The van der Waals surface area contributed by atoms with Crippen LogP contribution >= 0.6 is 0 Å². The minimum absolute atomic E-state index is 0.111. The summed E-state index contributed by atoms with van der Waals surface area (Å²) in [6, 6.07) is 7.56. The van der Waals surface area contributed by atoms with Gasteiger partial charge in [-0.3, -0.25) is 4.79 Å². The van der Waals surface area contributed by atoms with Gasteiger partial charge in [0.2, 0.25) is 5.91 Å². The number of carbonyl (C=O) groups excluding carboxylic acids is 2. The maximum absolute atomic E-state index is 12.7. The van der Waals surface area contributed by atoms with Crippen LogP contribution < -0.4 is 19.1 Å². The summed E-state index contributed by atoms with van der Waals surface area (Å²) in [7, 11) is -4.11. The van der Waals surface area contributed by atoms with Gasteiger partial charge in [0.05, 0.1) is 34.2 Å². The fraction of sp³-hybridized carbons (Fsp3) is 0.364. The van der Waals surface area contributed by atoms with Gasteiger partial charge in [0.25, 0.3) is 10.0 Å². The van der Waals surface area contributed by atoms with Crippen LogP contribution in [-0.2, 0) is 19.6 Å². The molecule has 12 heteroatoms. The number of nitrogens with one attached hydrogen (secondary N) is 1. The van der Waals surface area contributed by atoms with E-state index in [4.69, 9.17) is 14.2 Å². The standard InChI is InChI=1S/C22H22N4O7S/c1-3-31-22(28)17-8-14(10-23)20(24-13(17)2)26-11-15(12-26)21(27)25-34(29,30)16-4-5-18-19(9-16)33-7-6-32-18/h4-5,8-9,15H,3,6-7,11-12H2,1-2H3,(H,25,27). The van der Waals surface area contributed by atoms with Gasteiger partial charge in [-0.25, -0.2) is 22.9 Å². The zero-order valence-corrected chi connectivity index (χ0v) is 19.3. The lowest BCUT2D eigenvalue weighted by Gasteiger charge is -2.39. The van der Waals surface area contributed by atoms with Crippen LogP contribution in [0.5, 0.6) is 11.5 Å². The van der Waals surface area contributed by atoms with E-state index in [1.807, 2.05) is 6.07 Å². The highest BCUT2D eigenvalue weighted by Crippen LogP contribution is 2.33. The summed E-state index contributed by atoms with van der Waals surface area (Å²) in [4.78, 5) is 30.6. The summed E-state index contributed by atoms with van der Waals surface area (Å²) in [6.45, 7) is 4.52. The first kappa shape index (κ1) is 23.3. The summed E-state index contributed by atoms with van der Waals surface area (Å²) in [6.07, 6.45) is 0. The molecule has 1 amide bonds. The molecule has 1 aromatic heterocycles. The van der Waals surface area contributed by atoms with Gasteiger partial charge < -0.3 is 19.1 Å². The Morgan fingerprint density at radius 2 is 1.94 bits per heavy atom. The third kappa shape index (κ3) is 4.47. The zero-order chi connectivity index (χ0) is 24.5. The number of anilines is 1. The summed E-state index contributed by atoms with van der Waals surface area (Å²) in [5.41, 5.74) is 0.750. The van der Waals surface area contributed by atoms with Gasteiger partial charge >= 0.3 is 5.97 Å². The van der Waals surface area contributed by atoms with Crippen molar-refractivity contribution in [3.63, 3.8) is 0 Å². The minimum Gasteiger partial charge on any atom is -0.486 e. The number of pyridine rings is 1. The second-order valence-corrected chi connectivity index (χ2v) is 9.38. The van der Waals surface area contributed by atoms with Crippen molar-refractivity contribution in [3.05, 3.63) is 41.1 Å². The molecule has 3 heterocycles. The van der Waals surface area contributed by atoms with E-state index in [0.29, 0.717) is 36.2 Å². The second-order valence-electron chi connectivity index (χ2n) is 7.70. The van der Waals surface area contributed by atoms with Crippen molar-refractivity contribution in [3.8, 4) is 17.6 Å². The fourth-order valence-corrected chi connectivity index (χ4v) is 4.67. The van der Waals surface area contributed by atoms with Crippen LogP contribution in [-0.4, -0.2) is 58.2 Å². The number of rotatable bonds is 6. The number of aryl methyl sites for hydroxylation is 1. The first-order valence-corrected chi connectivity index (χ1v) is 12.0. The smallest absolute Gasteiger partial charge is 0.340 e. The highest BCUT2D eigenvalue weighted by atomic mass is 32.2. The Morgan fingerprint density at radius 3 is 2.62 bits per heavy atom. The number of sulfonamides is 1. The van der Waals surface area contributed by atoms with E-state index in [2.05, 4.69) is 9.71 Å². The fourth-order valence-electron chi connectivity index (χ4n) is 3.61. The lowest BCUT2D eigenvalue weighted by atomic mass is 9.98. The van der Waals surface area contributed by atoms with Crippen molar-refractivity contribution in [1.82, 2.24) is 9.71 Å². The Kier molecular flexibility index (Phi) is 6.30. The highest BCUT2D eigenvalue weighted by molar-refractivity contribution is 7.90. The van der Waals surface area contributed by atoms with Gasteiger partial charge in [-0.2, -0.15) is 5.26 Å². The molecule has 1 N–H and O–H groups in total. The van der Waals surface area contributed by atoms with Crippen LogP contribution in [0.3, 0.4) is 0 Å². The minimum atomic E-state index is -4.11. The SMILES string of the molecule is CCOC(=O)c1cc(C#N)c(N2CC(C(=O)NS(=O)(=O)c3ccc4c(c3)OCCO4)C2)nc1C. The Labute approximate surface area is 196 Å². The Balaban J connectivity index is 1.43. The van der Waals surface area contributed by atoms with Crippen molar-refractivity contribution >= 4 is 27.7 Å². The monoisotopic (exact) mass is 486 g/mol. The van der Waals surface area contributed by atoms with E-state index >= 15 is 0 Å². The molecule has 2 aromatic rings. The van der Waals surface area contributed by atoms with Crippen molar-refractivity contribution in [2.24, 2.45) is 5.92 Å². The molecule has 34 heavy (non-hydrogen) atoms. The zero-order valence-electron chi connectivity index (χ0n) is 18.5. The second kappa shape index (κ2) is 9.18. The number of hydrogen-bond acceptors (Lipinski definition) is 10. The quantitative estimate of drug-likeness (QED) is 0.590. The molecule has 1 fully saturated rings. The molecule has 1 aromatic carbocycles. The van der Waals surface area contributed by atoms with Gasteiger partial charge in [-0.05, 0) is 32.0 Å². The topological polar surface area (TPSA) is 148 Å². The number of nitrogens with zero attached hydrogens (tertiary/aromatic N) is 3. The molecule has 178 valence electrons. The summed E-state index contributed by atoms with van der Waals surface area (Å²) >= 11 is 0. The van der Waals surface area contributed by atoms with Crippen molar-refractivity contribution in [1.29, 1.82) is 5.26 Å². The highest BCUT2D eigenvalue weighted by Gasteiger charge is 2.37. The van der Waals surface area contributed by atoms with E-state index < -0.39 is 27.8 Å². The Bertz CT molecular complexity index is 1300. The van der Waals surface area contributed by atoms with E-state index in [9.17, 15) is 23.3 Å². The number of aromatic nitrogens is 1. The number of benzene rings is 1. The first-order chi connectivity index (χ1) is 16.2. The average Bonchev–Trinajstić information content (AvgIpc) is 2.77. The largest absolute Gasteiger partial charge is 0.486 e. The molecule has 0 aliphatic carbocycles. The maximum Gasteiger partial charge on any atom is 0.340 e.